The number of hydrogen-bond acceptors (Lipinski definition) is 5. The molecule has 0 radical (unpaired) electrons. The van der Waals surface area contributed by atoms with E-state index < -0.39 is 11.1 Å². The van der Waals surface area contributed by atoms with Crippen molar-refractivity contribution in [2.24, 2.45) is 4.99 Å². The monoisotopic (exact) mass is 1150 g/mol. The number of aliphatic imine (C=N–C) groups is 1. The molecule has 3 aromatic carbocycles. The van der Waals surface area contributed by atoms with Gasteiger partial charge in [-0.05, 0) is 83.9 Å². The Morgan fingerprint density at radius 2 is 1.03 bits per heavy atom. The van der Waals surface area contributed by atoms with Crippen LogP contribution in [0.25, 0.3) is 10.8 Å². The maximum absolute atomic E-state index is 13.3. The minimum atomic E-state index is -0.879. The third kappa shape index (κ3) is 18.5. The summed E-state index contributed by atoms with van der Waals surface area (Å²) < 4.78 is 16.7. The van der Waals surface area contributed by atoms with Crippen LogP contribution in [0.15, 0.2) is 54.8 Å². The molecule has 392 valence electrons. The number of anilines is 1. The Morgan fingerprint density at radius 3 is 1.51 bits per heavy atom. The standard InChI is InChI=1S/C62H95Br3N2O3/c1-5-7-9-11-13-15-17-19-21-23-24-25-26-28-30-32-34-36-38-40-57(68)69-48-51-44-50-45-52(63)41-42-54(50)58-60(51)70-62(49-66-58)61(3,4)55-46-53(64)47-56(65)59(55)67(62)43-39-37-35-33-31-29-27-22-20-18-16-14-12-10-8-6-2/h41-42,44-47,49H,5-40,43,48H2,1-4H3. The zero-order valence-electron chi connectivity index (χ0n) is 44.7. The normalized spacial score (nSPS) is 15.8. The number of benzene rings is 3. The number of carbonyl (C=O) groups is 1. The molecule has 5 nitrogen and oxygen atoms in total. The Kier molecular flexibility index (Phi) is 27.9. The molecule has 0 N–H and O–H groups in total. The van der Waals surface area contributed by atoms with Crippen molar-refractivity contribution in [2.75, 3.05) is 11.4 Å². The summed E-state index contributed by atoms with van der Waals surface area (Å²) in [7, 11) is 0. The van der Waals surface area contributed by atoms with Crippen LogP contribution in [0.1, 0.15) is 270 Å². The van der Waals surface area contributed by atoms with Crippen LogP contribution in [-0.2, 0) is 21.6 Å². The molecule has 1 unspecified atom stereocenters. The number of carbonyl (C=O) groups excluding carboxylic acids is 1. The number of halogens is 3. The number of rotatable bonds is 39. The zero-order chi connectivity index (χ0) is 49.9. The summed E-state index contributed by atoms with van der Waals surface area (Å²) in [6, 6.07) is 12.8. The van der Waals surface area contributed by atoms with Gasteiger partial charge in [0.15, 0.2) is 5.75 Å². The molecule has 1 spiro atoms. The lowest BCUT2D eigenvalue weighted by atomic mass is 9.77. The van der Waals surface area contributed by atoms with Crippen molar-refractivity contribution in [1.82, 2.24) is 0 Å². The van der Waals surface area contributed by atoms with Crippen molar-refractivity contribution in [3.8, 4) is 5.75 Å². The van der Waals surface area contributed by atoms with Crippen LogP contribution in [-0.4, -0.2) is 24.5 Å². The number of nitrogens with zero attached hydrogens (tertiary/aromatic N) is 2. The molecular formula is C62H95Br3N2O3. The second-order valence-electron chi connectivity index (χ2n) is 21.8. The Bertz CT molecular complexity index is 2000. The van der Waals surface area contributed by atoms with E-state index >= 15 is 0 Å². The van der Waals surface area contributed by atoms with Crippen LogP contribution < -0.4 is 9.64 Å². The van der Waals surface area contributed by atoms with E-state index in [-0.39, 0.29) is 12.6 Å². The Morgan fingerprint density at radius 1 is 0.571 bits per heavy atom. The Hall–Kier alpha value is -1.90. The van der Waals surface area contributed by atoms with E-state index in [0.29, 0.717) is 12.2 Å². The van der Waals surface area contributed by atoms with Gasteiger partial charge in [-0.15, -0.1) is 0 Å². The van der Waals surface area contributed by atoms with Crippen molar-refractivity contribution in [1.29, 1.82) is 0 Å². The fourth-order valence-electron chi connectivity index (χ4n) is 11.2. The summed E-state index contributed by atoms with van der Waals surface area (Å²) in [6.45, 7) is 10.2. The summed E-state index contributed by atoms with van der Waals surface area (Å²) >= 11 is 11.5. The first kappa shape index (κ1) is 59.0. The average Bonchev–Trinajstić information content (AvgIpc) is 3.51. The van der Waals surface area contributed by atoms with Crippen LogP contribution in [0.3, 0.4) is 0 Å². The summed E-state index contributed by atoms with van der Waals surface area (Å²) in [6.07, 6.45) is 49.4. The second kappa shape index (κ2) is 33.1. The first-order valence-corrected chi connectivity index (χ1v) is 31.4. The SMILES string of the molecule is CCCCCCCCCCCCCCCCCCCCCC(=O)OCc1cc2cc(Br)ccc2c2c1OC1(C=N2)N(CCCCCCCCCCCCCCCCCC)c2c(Br)cc(Br)cc2C1(C)C. The quantitative estimate of drug-likeness (QED) is 0.0422. The van der Waals surface area contributed by atoms with E-state index in [2.05, 4.69) is 123 Å². The molecule has 0 aromatic heterocycles. The van der Waals surface area contributed by atoms with E-state index in [1.165, 1.54) is 217 Å². The van der Waals surface area contributed by atoms with E-state index in [1.54, 1.807) is 0 Å². The van der Waals surface area contributed by atoms with Gasteiger partial charge in [-0.25, -0.2) is 0 Å². The van der Waals surface area contributed by atoms with Crippen molar-refractivity contribution in [3.63, 3.8) is 0 Å². The summed E-state index contributed by atoms with van der Waals surface area (Å²) in [5.74, 6) is 0.568. The predicted molar refractivity (Wildman–Crippen MR) is 313 cm³/mol. The Balaban J connectivity index is 1.09. The van der Waals surface area contributed by atoms with Gasteiger partial charge in [0.2, 0.25) is 5.72 Å². The highest BCUT2D eigenvalue weighted by Crippen LogP contribution is 2.58. The van der Waals surface area contributed by atoms with Crippen LogP contribution in [0.2, 0.25) is 0 Å². The summed E-state index contributed by atoms with van der Waals surface area (Å²) in [4.78, 5) is 21.1. The van der Waals surface area contributed by atoms with E-state index in [0.717, 1.165) is 61.2 Å². The molecule has 0 bridgehead atoms. The highest BCUT2D eigenvalue weighted by Gasteiger charge is 2.60. The zero-order valence-corrected chi connectivity index (χ0v) is 49.4. The number of hydrogen-bond donors (Lipinski definition) is 0. The molecular weight excluding hydrogens is 1060 g/mol. The lowest BCUT2D eigenvalue weighted by Gasteiger charge is -2.47. The Labute approximate surface area is 453 Å². The maximum atomic E-state index is 13.3. The third-order valence-electron chi connectivity index (χ3n) is 15.6. The molecule has 5 rings (SSSR count). The van der Waals surface area contributed by atoms with Crippen molar-refractivity contribution >= 4 is 82.1 Å². The number of fused-ring (bicyclic) bond motifs is 4. The molecule has 8 heteroatoms. The maximum Gasteiger partial charge on any atom is 0.306 e. The molecule has 2 aliphatic heterocycles. The molecule has 70 heavy (non-hydrogen) atoms. The van der Waals surface area contributed by atoms with Gasteiger partial charge in [-0.3, -0.25) is 9.79 Å². The van der Waals surface area contributed by atoms with E-state index in [4.69, 9.17) is 14.5 Å². The molecule has 3 aromatic rings. The minimum absolute atomic E-state index is 0.142. The molecule has 0 amide bonds. The van der Waals surface area contributed by atoms with Crippen LogP contribution in [0.5, 0.6) is 5.75 Å². The van der Waals surface area contributed by atoms with Gasteiger partial charge in [0.05, 0.1) is 17.3 Å². The van der Waals surface area contributed by atoms with Crippen LogP contribution >= 0.6 is 47.8 Å². The van der Waals surface area contributed by atoms with Crippen molar-refractivity contribution in [2.45, 2.75) is 277 Å². The molecule has 0 aliphatic carbocycles. The van der Waals surface area contributed by atoms with Crippen molar-refractivity contribution in [3.05, 3.63) is 60.9 Å². The lowest BCUT2D eigenvalue weighted by molar-refractivity contribution is -0.145. The molecule has 2 heterocycles. The molecule has 0 saturated carbocycles. The summed E-state index contributed by atoms with van der Waals surface area (Å²) in [5, 5.41) is 2.07. The second-order valence-corrected chi connectivity index (χ2v) is 24.5. The molecule has 0 fully saturated rings. The average molecular weight is 1160 g/mol. The first-order chi connectivity index (χ1) is 34.1. The van der Waals surface area contributed by atoms with Gasteiger partial charge >= 0.3 is 5.97 Å². The highest BCUT2D eigenvalue weighted by atomic mass is 79.9. The van der Waals surface area contributed by atoms with Gasteiger partial charge in [0.25, 0.3) is 0 Å². The van der Waals surface area contributed by atoms with Gasteiger partial charge < -0.3 is 14.4 Å². The highest BCUT2D eigenvalue weighted by molar-refractivity contribution is 9.11. The van der Waals surface area contributed by atoms with Gasteiger partial charge in [0.1, 0.15) is 12.3 Å². The lowest BCUT2D eigenvalue weighted by Crippen LogP contribution is -2.62. The van der Waals surface area contributed by atoms with Crippen molar-refractivity contribution < 1.29 is 14.3 Å². The van der Waals surface area contributed by atoms with Gasteiger partial charge in [-0.1, -0.05) is 264 Å². The molecule has 0 saturated heterocycles. The summed E-state index contributed by atoms with van der Waals surface area (Å²) in [5.41, 5.74) is 2.71. The smallest absolute Gasteiger partial charge is 0.306 e. The number of ether oxygens (including phenoxy) is 2. The van der Waals surface area contributed by atoms with Crippen LogP contribution in [0.4, 0.5) is 11.4 Å². The van der Waals surface area contributed by atoms with Gasteiger partial charge in [0, 0.05) is 37.3 Å². The fourth-order valence-corrected chi connectivity index (χ4v) is 13.0. The van der Waals surface area contributed by atoms with Crippen LogP contribution in [0, 0.1) is 0 Å². The molecule has 1 atom stereocenters. The third-order valence-corrected chi connectivity index (χ3v) is 17.2. The largest absolute Gasteiger partial charge is 0.461 e. The fraction of sp³-hybridized carbons (Fsp3) is 0.710. The van der Waals surface area contributed by atoms with E-state index in [1.807, 2.05) is 0 Å². The predicted octanol–water partition coefficient (Wildman–Crippen LogP) is 21.8. The number of unbranched alkanes of at least 4 members (excludes halogenated alkanes) is 33. The number of esters is 1. The van der Waals surface area contributed by atoms with Gasteiger partial charge in [-0.2, -0.15) is 0 Å². The van der Waals surface area contributed by atoms with E-state index in [9.17, 15) is 4.79 Å². The topological polar surface area (TPSA) is 51.1 Å². The first-order valence-electron chi connectivity index (χ1n) is 29.0. The minimum Gasteiger partial charge on any atom is -0.461 e. The molecule has 2 aliphatic rings.